The number of pyridine rings is 1. The summed E-state index contributed by atoms with van der Waals surface area (Å²) < 4.78 is 0. The van der Waals surface area contributed by atoms with Crippen molar-refractivity contribution in [3.05, 3.63) is 28.6 Å². The molecule has 1 heterocycles. The summed E-state index contributed by atoms with van der Waals surface area (Å²) in [4.78, 5) is 4.57. The van der Waals surface area contributed by atoms with Gasteiger partial charge in [-0.15, -0.1) is 0 Å². The molecular formula is C16H28N2. The highest BCUT2D eigenvalue weighted by Crippen LogP contribution is 2.21. The van der Waals surface area contributed by atoms with Gasteiger partial charge in [0.05, 0.1) is 0 Å². The first-order valence-corrected chi connectivity index (χ1v) is 7.10. The molecule has 18 heavy (non-hydrogen) atoms. The summed E-state index contributed by atoms with van der Waals surface area (Å²) in [7, 11) is 0. The SMILES string of the molecule is Cc1cc(C)c(C(C)NCCCC(C)C)c(C)n1. The van der Waals surface area contributed by atoms with Crippen molar-refractivity contribution in [1.82, 2.24) is 10.3 Å². The van der Waals surface area contributed by atoms with Crippen molar-refractivity contribution in [2.45, 2.75) is 60.4 Å². The maximum atomic E-state index is 4.57. The minimum atomic E-state index is 0.394. The summed E-state index contributed by atoms with van der Waals surface area (Å²) in [6, 6.07) is 2.57. The highest BCUT2D eigenvalue weighted by molar-refractivity contribution is 5.33. The van der Waals surface area contributed by atoms with E-state index in [-0.39, 0.29) is 0 Å². The van der Waals surface area contributed by atoms with Crippen LogP contribution in [-0.4, -0.2) is 11.5 Å². The maximum Gasteiger partial charge on any atom is 0.0426 e. The quantitative estimate of drug-likeness (QED) is 0.767. The molecule has 0 amide bonds. The summed E-state index contributed by atoms with van der Waals surface area (Å²) in [5.41, 5.74) is 4.99. The van der Waals surface area contributed by atoms with E-state index in [1.807, 2.05) is 0 Å². The lowest BCUT2D eigenvalue weighted by Gasteiger charge is -2.19. The van der Waals surface area contributed by atoms with Gasteiger partial charge in [0, 0.05) is 17.4 Å². The highest BCUT2D eigenvalue weighted by atomic mass is 14.9. The standard InChI is InChI=1S/C16H28N2/c1-11(2)8-7-9-17-14(5)16-12(3)10-13(4)18-15(16)6/h10-11,14,17H,7-9H2,1-6H3. The Kier molecular flexibility index (Phi) is 5.80. The van der Waals surface area contributed by atoms with Crippen LogP contribution in [0, 0.1) is 26.7 Å². The van der Waals surface area contributed by atoms with E-state index < -0.39 is 0 Å². The van der Waals surface area contributed by atoms with Gasteiger partial charge < -0.3 is 5.32 Å². The minimum absolute atomic E-state index is 0.394. The summed E-state index contributed by atoms with van der Waals surface area (Å²) in [6.45, 7) is 14.2. The first-order valence-electron chi connectivity index (χ1n) is 7.10. The van der Waals surface area contributed by atoms with Crippen LogP contribution in [-0.2, 0) is 0 Å². The van der Waals surface area contributed by atoms with E-state index in [0.717, 1.165) is 23.9 Å². The highest BCUT2D eigenvalue weighted by Gasteiger charge is 2.12. The molecule has 2 heteroatoms. The number of aryl methyl sites for hydroxylation is 3. The molecule has 0 radical (unpaired) electrons. The monoisotopic (exact) mass is 248 g/mol. The fourth-order valence-corrected chi connectivity index (χ4v) is 2.62. The zero-order valence-electron chi connectivity index (χ0n) is 12.8. The van der Waals surface area contributed by atoms with Crippen LogP contribution >= 0.6 is 0 Å². The first kappa shape index (κ1) is 15.2. The van der Waals surface area contributed by atoms with Gasteiger partial charge in [-0.1, -0.05) is 13.8 Å². The van der Waals surface area contributed by atoms with Crippen LogP contribution in [0.4, 0.5) is 0 Å². The van der Waals surface area contributed by atoms with Crippen LogP contribution in [0.5, 0.6) is 0 Å². The minimum Gasteiger partial charge on any atom is -0.310 e. The lowest BCUT2D eigenvalue weighted by molar-refractivity contribution is 0.495. The molecule has 0 spiro atoms. The lowest BCUT2D eigenvalue weighted by atomic mass is 10.00. The predicted octanol–water partition coefficient (Wildman–Crippen LogP) is 4.09. The fraction of sp³-hybridized carbons (Fsp3) is 0.688. The molecule has 0 aromatic carbocycles. The molecule has 1 rings (SSSR count). The second-order valence-corrected chi connectivity index (χ2v) is 5.79. The molecule has 1 aromatic rings. The smallest absolute Gasteiger partial charge is 0.0426 e. The lowest BCUT2D eigenvalue weighted by Crippen LogP contribution is -2.22. The fourth-order valence-electron chi connectivity index (χ4n) is 2.62. The summed E-state index contributed by atoms with van der Waals surface area (Å²) in [6.07, 6.45) is 2.54. The van der Waals surface area contributed by atoms with Gasteiger partial charge in [-0.3, -0.25) is 4.98 Å². The van der Waals surface area contributed by atoms with Crippen LogP contribution in [0.25, 0.3) is 0 Å². The van der Waals surface area contributed by atoms with Gasteiger partial charge in [0.2, 0.25) is 0 Å². The molecule has 0 aliphatic carbocycles. The first-order chi connectivity index (χ1) is 8.41. The van der Waals surface area contributed by atoms with Gasteiger partial charge in [-0.25, -0.2) is 0 Å². The number of rotatable bonds is 6. The molecule has 0 bridgehead atoms. The molecule has 1 atom stereocenters. The Morgan fingerprint density at radius 2 is 1.83 bits per heavy atom. The zero-order chi connectivity index (χ0) is 13.7. The van der Waals surface area contributed by atoms with E-state index in [2.05, 4.69) is 57.9 Å². The number of nitrogens with one attached hydrogen (secondary N) is 1. The van der Waals surface area contributed by atoms with E-state index in [9.17, 15) is 0 Å². The van der Waals surface area contributed by atoms with E-state index in [1.165, 1.54) is 24.0 Å². The second kappa shape index (κ2) is 6.89. The van der Waals surface area contributed by atoms with Crippen LogP contribution in [0.15, 0.2) is 6.07 Å². The number of aromatic nitrogens is 1. The summed E-state index contributed by atoms with van der Waals surface area (Å²) in [5, 5.41) is 3.62. The average Bonchev–Trinajstić information content (AvgIpc) is 2.22. The molecule has 1 N–H and O–H groups in total. The van der Waals surface area contributed by atoms with Gasteiger partial charge in [0.1, 0.15) is 0 Å². The van der Waals surface area contributed by atoms with Gasteiger partial charge >= 0.3 is 0 Å². The van der Waals surface area contributed by atoms with Gasteiger partial charge in [0.25, 0.3) is 0 Å². The predicted molar refractivity (Wildman–Crippen MR) is 78.9 cm³/mol. The Balaban J connectivity index is 2.59. The molecule has 2 nitrogen and oxygen atoms in total. The van der Waals surface area contributed by atoms with Crippen LogP contribution in [0.1, 0.15) is 62.2 Å². The topological polar surface area (TPSA) is 24.9 Å². The van der Waals surface area contributed by atoms with Crippen molar-refractivity contribution >= 4 is 0 Å². The Bertz CT molecular complexity index is 360. The summed E-state index contributed by atoms with van der Waals surface area (Å²) >= 11 is 0. The van der Waals surface area contributed by atoms with Crippen LogP contribution in [0.2, 0.25) is 0 Å². The van der Waals surface area contributed by atoms with Gasteiger partial charge in [-0.05, 0) is 70.2 Å². The second-order valence-electron chi connectivity index (χ2n) is 5.79. The normalized spacial score (nSPS) is 13.1. The third kappa shape index (κ3) is 4.41. The van der Waals surface area contributed by atoms with Crippen molar-refractivity contribution in [2.75, 3.05) is 6.54 Å². The van der Waals surface area contributed by atoms with Crippen LogP contribution in [0.3, 0.4) is 0 Å². The third-order valence-electron chi connectivity index (χ3n) is 3.43. The molecule has 0 saturated heterocycles. The van der Waals surface area contributed by atoms with E-state index in [0.29, 0.717) is 6.04 Å². The van der Waals surface area contributed by atoms with Gasteiger partial charge in [0.15, 0.2) is 0 Å². The molecular weight excluding hydrogens is 220 g/mol. The van der Waals surface area contributed by atoms with E-state index in [4.69, 9.17) is 0 Å². The number of hydrogen-bond acceptors (Lipinski definition) is 2. The largest absolute Gasteiger partial charge is 0.310 e. The molecule has 0 saturated carbocycles. The Labute approximate surface area is 112 Å². The molecule has 0 fully saturated rings. The van der Waals surface area contributed by atoms with E-state index in [1.54, 1.807) is 0 Å². The Morgan fingerprint density at radius 3 is 2.39 bits per heavy atom. The number of hydrogen-bond donors (Lipinski definition) is 1. The van der Waals surface area contributed by atoms with Crippen molar-refractivity contribution in [1.29, 1.82) is 0 Å². The molecule has 102 valence electrons. The molecule has 0 aliphatic heterocycles. The molecule has 1 unspecified atom stereocenters. The van der Waals surface area contributed by atoms with Crippen molar-refractivity contribution < 1.29 is 0 Å². The molecule has 1 aromatic heterocycles. The zero-order valence-corrected chi connectivity index (χ0v) is 12.8. The summed E-state index contributed by atoms with van der Waals surface area (Å²) in [5.74, 6) is 0.798. The average molecular weight is 248 g/mol. The van der Waals surface area contributed by atoms with Gasteiger partial charge in [-0.2, -0.15) is 0 Å². The van der Waals surface area contributed by atoms with Crippen molar-refractivity contribution in [2.24, 2.45) is 5.92 Å². The van der Waals surface area contributed by atoms with Crippen molar-refractivity contribution in [3.8, 4) is 0 Å². The third-order valence-corrected chi connectivity index (χ3v) is 3.43. The van der Waals surface area contributed by atoms with Crippen molar-refractivity contribution in [3.63, 3.8) is 0 Å². The molecule has 0 aliphatic rings. The Hall–Kier alpha value is -0.890. The maximum absolute atomic E-state index is 4.57. The Morgan fingerprint density at radius 1 is 1.17 bits per heavy atom. The number of nitrogens with zero attached hydrogens (tertiary/aromatic N) is 1. The van der Waals surface area contributed by atoms with E-state index >= 15 is 0 Å². The van der Waals surface area contributed by atoms with Crippen LogP contribution < -0.4 is 5.32 Å².